The molecule has 10 heteroatoms. The summed E-state index contributed by atoms with van der Waals surface area (Å²) in [5.41, 5.74) is 2.68. The predicted octanol–water partition coefficient (Wildman–Crippen LogP) is 4.77. The van der Waals surface area contributed by atoms with Gasteiger partial charge >= 0.3 is 12.2 Å². The van der Waals surface area contributed by atoms with Crippen LogP contribution in [0, 0.1) is 0 Å². The fraction of sp³-hybridized carbons (Fsp3) is 0.0769. The molecule has 0 unspecified atom stereocenters. The molecule has 0 saturated heterocycles. The minimum absolute atomic E-state index is 0.316. The Balaban J connectivity index is 1.59. The van der Waals surface area contributed by atoms with Crippen molar-refractivity contribution in [3.8, 4) is 45.6 Å². The van der Waals surface area contributed by atoms with E-state index in [1.54, 1.807) is 12.1 Å². The highest BCUT2D eigenvalue weighted by Crippen LogP contribution is 2.27. The second-order valence-corrected chi connectivity index (χ2v) is 7.59. The first-order chi connectivity index (χ1) is 17.6. The Morgan fingerprint density at radius 3 is 1.36 bits per heavy atom. The Kier molecular flexibility index (Phi) is 6.06. The van der Waals surface area contributed by atoms with Gasteiger partial charge in [0.25, 0.3) is 0 Å². The van der Waals surface area contributed by atoms with Crippen molar-refractivity contribution in [3.63, 3.8) is 0 Å². The summed E-state index contributed by atoms with van der Waals surface area (Å²) in [5.74, 6) is 1.33. The van der Waals surface area contributed by atoms with Gasteiger partial charge in [-0.3, -0.25) is 0 Å². The fourth-order valence-corrected chi connectivity index (χ4v) is 3.64. The van der Waals surface area contributed by atoms with Crippen LogP contribution in [0.25, 0.3) is 45.6 Å². The molecule has 3 aromatic carbocycles. The molecule has 0 saturated carbocycles. The lowest BCUT2D eigenvalue weighted by Crippen LogP contribution is -2.14. The Morgan fingerprint density at radius 1 is 0.583 bits per heavy atom. The van der Waals surface area contributed by atoms with E-state index in [-0.39, 0.29) is 0 Å². The zero-order chi connectivity index (χ0) is 25.1. The summed E-state index contributed by atoms with van der Waals surface area (Å²) in [5, 5.41) is 8.77. The summed E-state index contributed by atoms with van der Waals surface area (Å²) < 4.78 is 12.0. The summed E-state index contributed by atoms with van der Waals surface area (Å²) in [6, 6.07) is 25.7. The number of aromatic nitrogens is 6. The van der Waals surface area contributed by atoms with Gasteiger partial charge in [0, 0.05) is 22.3 Å². The normalized spacial score (nSPS) is 10.7. The first-order valence-electron chi connectivity index (χ1n) is 10.9. The van der Waals surface area contributed by atoms with E-state index in [4.69, 9.17) is 9.47 Å². The van der Waals surface area contributed by atoms with Crippen LogP contribution in [-0.4, -0.2) is 55.9 Å². The second-order valence-electron chi connectivity index (χ2n) is 7.59. The maximum atomic E-state index is 12.4. The van der Waals surface area contributed by atoms with E-state index in [9.17, 15) is 9.59 Å². The molecule has 0 bridgehead atoms. The number of methoxy groups -OCH3 is 2. The number of hydrogen-bond donors (Lipinski definition) is 0. The van der Waals surface area contributed by atoms with Gasteiger partial charge in [-0.25, -0.2) is 19.6 Å². The van der Waals surface area contributed by atoms with Gasteiger partial charge in [0.1, 0.15) is 0 Å². The van der Waals surface area contributed by atoms with Gasteiger partial charge in [0.05, 0.1) is 14.2 Å². The first kappa shape index (κ1) is 22.7. The molecular weight excluding hydrogens is 460 g/mol. The molecule has 0 atom stereocenters. The van der Waals surface area contributed by atoms with E-state index in [2.05, 4.69) is 20.2 Å². The van der Waals surface area contributed by atoms with Crippen molar-refractivity contribution in [1.29, 1.82) is 0 Å². The van der Waals surface area contributed by atoms with E-state index in [1.165, 1.54) is 14.2 Å². The van der Waals surface area contributed by atoms with Gasteiger partial charge in [-0.2, -0.15) is 0 Å². The molecule has 0 aliphatic carbocycles. The second kappa shape index (κ2) is 9.63. The van der Waals surface area contributed by atoms with Crippen LogP contribution in [0.15, 0.2) is 84.9 Å². The number of nitrogens with zero attached hydrogens (tertiary/aromatic N) is 6. The van der Waals surface area contributed by atoms with E-state index < -0.39 is 12.2 Å². The zero-order valence-electron chi connectivity index (χ0n) is 19.4. The highest BCUT2D eigenvalue weighted by molar-refractivity contribution is 5.79. The summed E-state index contributed by atoms with van der Waals surface area (Å²) in [4.78, 5) is 34.0. The van der Waals surface area contributed by atoms with Crippen molar-refractivity contribution in [2.75, 3.05) is 14.2 Å². The highest BCUT2D eigenvalue weighted by atomic mass is 16.5. The third kappa shape index (κ3) is 4.23. The van der Waals surface area contributed by atoms with Crippen molar-refractivity contribution in [1.82, 2.24) is 29.5 Å². The molecule has 0 fully saturated rings. The lowest BCUT2D eigenvalue weighted by Gasteiger charge is -2.02. The van der Waals surface area contributed by atoms with Gasteiger partial charge in [-0.15, -0.1) is 19.6 Å². The third-order valence-corrected chi connectivity index (χ3v) is 5.35. The average molecular weight is 480 g/mol. The molecule has 5 rings (SSSR count). The average Bonchev–Trinajstić information content (AvgIpc) is 3.59. The van der Waals surface area contributed by atoms with Crippen LogP contribution in [0.4, 0.5) is 9.59 Å². The van der Waals surface area contributed by atoms with Crippen LogP contribution < -0.4 is 0 Å². The van der Waals surface area contributed by atoms with Crippen LogP contribution in [0.2, 0.25) is 0 Å². The van der Waals surface area contributed by atoms with Gasteiger partial charge < -0.3 is 9.47 Å². The van der Waals surface area contributed by atoms with E-state index in [0.29, 0.717) is 45.6 Å². The number of ether oxygens (including phenoxy) is 2. The zero-order valence-corrected chi connectivity index (χ0v) is 19.4. The maximum Gasteiger partial charge on any atom is 0.436 e. The number of rotatable bonds is 4. The maximum absolute atomic E-state index is 12.4. The SMILES string of the molecule is COC(=O)n1nc(-c2cccc(-c3nc(-c4ccccc4)n(C(=O)OC)n3)c2)nc1-c1ccccc1. The minimum Gasteiger partial charge on any atom is -0.451 e. The quantitative estimate of drug-likeness (QED) is 0.361. The van der Waals surface area contributed by atoms with Crippen molar-refractivity contribution >= 4 is 12.2 Å². The molecule has 0 radical (unpaired) electrons. The number of carbonyl (C=O) groups is 2. The first-order valence-corrected chi connectivity index (χ1v) is 10.9. The standard InChI is InChI=1S/C26H20N6O4/c1-35-25(33)31-23(17-10-5-3-6-11-17)27-21(29-31)19-14-9-15-20(16-19)22-28-24(18-12-7-4-8-13-18)32(30-22)26(34)36-2/h3-16H,1-2H3. The molecule has 0 aliphatic rings. The molecule has 36 heavy (non-hydrogen) atoms. The molecule has 5 aromatic rings. The molecule has 0 spiro atoms. The van der Waals surface area contributed by atoms with Crippen molar-refractivity contribution in [3.05, 3.63) is 84.9 Å². The third-order valence-electron chi connectivity index (χ3n) is 5.35. The van der Waals surface area contributed by atoms with Crippen LogP contribution in [0.3, 0.4) is 0 Å². The number of hydrogen-bond acceptors (Lipinski definition) is 8. The molecule has 178 valence electrons. The number of carbonyl (C=O) groups excluding carboxylic acids is 2. The van der Waals surface area contributed by atoms with Crippen LogP contribution in [0.5, 0.6) is 0 Å². The van der Waals surface area contributed by atoms with Gasteiger partial charge in [-0.05, 0) is 6.07 Å². The number of benzene rings is 3. The van der Waals surface area contributed by atoms with Gasteiger partial charge in [0.2, 0.25) is 0 Å². The van der Waals surface area contributed by atoms with Gasteiger partial charge in [-0.1, -0.05) is 78.9 Å². The Hall–Kier alpha value is -5.12. The summed E-state index contributed by atoms with van der Waals surface area (Å²) >= 11 is 0. The molecule has 0 aliphatic heterocycles. The smallest absolute Gasteiger partial charge is 0.436 e. The van der Waals surface area contributed by atoms with E-state index >= 15 is 0 Å². The molecular formula is C26H20N6O4. The largest absolute Gasteiger partial charge is 0.451 e. The Morgan fingerprint density at radius 2 is 0.972 bits per heavy atom. The van der Waals surface area contributed by atoms with Crippen LogP contribution in [-0.2, 0) is 9.47 Å². The minimum atomic E-state index is -0.658. The lowest BCUT2D eigenvalue weighted by atomic mass is 10.1. The monoisotopic (exact) mass is 480 g/mol. The molecule has 2 aromatic heterocycles. The predicted molar refractivity (Wildman–Crippen MR) is 131 cm³/mol. The summed E-state index contributed by atoms with van der Waals surface area (Å²) in [6.45, 7) is 0. The van der Waals surface area contributed by atoms with Crippen molar-refractivity contribution in [2.24, 2.45) is 0 Å². The summed E-state index contributed by atoms with van der Waals surface area (Å²) in [6.07, 6.45) is -1.32. The molecule has 0 N–H and O–H groups in total. The highest BCUT2D eigenvalue weighted by Gasteiger charge is 2.21. The topological polar surface area (TPSA) is 114 Å². The van der Waals surface area contributed by atoms with E-state index in [0.717, 1.165) is 9.36 Å². The summed E-state index contributed by atoms with van der Waals surface area (Å²) in [7, 11) is 2.57. The molecule has 2 heterocycles. The van der Waals surface area contributed by atoms with Crippen molar-refractivity contribution in [2.45, 2.75) is 0 Å². The van der Waals surface area contributed by atoms with E-state index in [1.807, 2.05) is 72.8 Å². The van der Waals surface area contributed by atoms with Crippen LogP contribution in [0.1, 0.15) is 0 Å². The fourth-order valence-electron chi connectivity index (χ4n) is 3.64. The molecule has 0 amide bonds. The Bertz CT molecular complexity index is 1430. The van der Waals surface area contributed by atoms with Gasteiger partial charge in [0.15, 0.2) is 23.3 Å². The van der Waals surface area contributed by atoms with Crippen LogP contribution >= 0.6 is 0 Å². The Labute approximate surface area is 205 Å². The van der Waals surface area contributed by atoms with Crippen molar-refractivity contribution < 1.29 is 19.1 Å². The lowest BCUT2D eigenvalue weighted by molar-refractivity contribution is 0.169. The molecule has 10 nitrogen and oxygen atoms in total.